The molecule has 0 aliphatic heterocycles. The first-order valence-electron chi connectivity index (χ1n) is 6.62. The summed E-state index contributed by atoms with van der Waals surface area (Å²) < 4.78 is 5.59. The Hall–Kier alpha value is -1.24. The lowest BCUT2D eigenvalue weighted by Crippen LogP contribution is -1.96. The van der Waals surface area contributed by atoms with Gasteiger partial charge in [-0.1, -0.05) is 45.9 Å². The van der Waals surface area contributed by atoms with E-state index >= 15 is 0 Å². The number of ether oxygens (including phenoxy) is 1. The molecule has 0 radical (unpaired) electrons. The highest BCUT2D eigenvalue weighted by atomic mass is 16.5. The van der Waals surface area contributed by atoms with Crippen LogP contribution in [0.1, 0.15) is 46.1 Å². The number of hydrogen-bond acceptors (Lipinski definition) is 1. The van der Waals surface area contributed by atoms with Crippen molar-refractivity contribution in [3.63, 3.8) is 0 Å². The number of benzene rings is 1. The molecular formula is C16H24O. The van der Waals surface area contributed by atoms with Gasteiger partial charge in [-0.05, 0) is 42.0 Å². The normalized spacial score (nSPS) is 11.9. The molecule has 0 bridgehead atoms. The van der Waals surface area contributed by atoms with Crippen LogP contribution in [0.4, 0.5) is 0 Å². The molecule has 0 N–H and O–H groups in total. The van der Waals surface area contributed by atoms with Crippen LogP contribution in [0.2, 0.25) is 0 Å². The topological polar surface area (TPSA) is 9.23 Å². The van der Waals surface area contributed by atoms with E-state index in [1.165, 1.54) is 11.1 Å². The fourth-order valence-electron chi connectivity index (χ4n) is 1.87. The third kappa shape index (κ3) is 4.26. The summed E-state index contributed by atoms with van der Waals surface area (Å²) in [6.07, 6.45) is 4.45. The van der Waals surface area contributed by atoms with E-state index in [4.69, 9.17) is 4.74 Å². The molecule has 1 aromatic rings. The Morgan fingerprint density at radius 3 is 2.29 bits per heavy atom. The van der Waals surface area contributed by atoms with Gasteiger partial charge in [0.05, 0.1) is 6.61 Å². The van der Waals surface area contributed by atoms with Crippen LogP contribution in [0.5, 0.6) is 5.75 Å². The molecule has 1 rings (SSSR count). The first kappa shape index (κ1) is 13.8. The van der Waals surface area contributed by atoms with Gasteiger partial charge in [-0.2, -0.15) is 0 Å². The Kier molecular flexibility index (Phi) is 5.82. The predicted molar refractivity (Wildman–Crippen MR) is 75.3 cm³/mol. The molecule has 0 fully saturated rings. The van der Waals surface area contributed by atoms with E-state index in [0.717, 1.165) is 25.2 Å². The monoisotopic (exact) mass is 232 g/mol. The lowest BCUT2D eigenvalue weighted by Gasteiger charge is -2.12. The van der Waals surface area contributed by atoms with Crippen molar-refractivity contribution >= 4 is 5.57 Å². The van der Waals surface area contributed by atoms with Gasteiger partial charge in [0.15, 0.2) is 0 Å². The van der Waals surface area contributed by atoms with Gasteiger partial charge >= 0.3 is 0 Å². The minimum Gasteiger partial charge on any atom is -0.494 e. The molecule has 1 heteroatoms. The molecule has 17 heavy (non-hydrogen) atoms. The average Bonchev–Trinajstić information content (AvgIpc) is 2.34. The Balaban J connectivity index is 2.81. The molecule has 0 aliphatic carbocycles. The highest BCUT2D eigenvalue weighted by molar-refractivity contribution is 5.67. The fourth-order valence-corrected chi connectivity index (χ4v) is 1.87. The zero-order chi connectivity index (χ0) is 12.7. The second kappa shape index (κ2) is 7.16. The van der Waals surface area contributed by atoms with Crippen molar-refractivity contribution in [2.75, 3.05) is 6.61 Å². The lowest BCUT2D eigenvalue weighted by atomic mass is 9.94. The minimum absolute atomic E-state index is 0.567. The van der Waals surface area contributed by atoms with E-state index in [0.29, 0.717) is 5.92 Å². The summed E-state index contributed by atoms with van der Waals surface area (Å²) >= 11 is 0. The van der Waals surface area contributed by atoms with Crippen molar-refractivity contribution in [1.29, 1.82) is 0 Å². The van der Waals surface area contributed by atoms with Gasteiger partial charge in [0.2, 0.25) is 0 Å². The molecule has 1 nitrogen and oxygen atoms in total. The molecule has 0 saturated heterocycles. The van der Waals surface area contributed by atoms with E-state index in [2.05, 4.69) is 58.0 Å². The second-order valence-electron chi connectivity index (χ2n) is 4.60. The molecule has 0 amide bonds. The largest absolute Gasteiger partial charge is 0.494 e. The highest BCUT2D eigenvalue weighted by Crippen LogP contribution is 2.25. The summed E-state index contributed by atoms with van der Waals surface area (Å²) in [5, 5.41) is 0. The van der Waals surface area contributed by atoms with E-state index in [1.807, 2.05) is 0 Å². The van der Waals surface area contributed by atoms with Crippen molar-refractivity contribution < 1.29 is 4.74 Å². The van der Waals surface area contributed by atoms with Gasteiger partial charge in [-0.25, -0.2) is 0 Å². The van der Waals surface area contributed by atoms with Crippen LogP contribution in [0.3, 0.4) is 0 Å². The third-order valence-corrected chi connectivity index (χ3v) is 2.71. The molecule has 0 saturated carbocycles. The van der Waals surface area contributed by atoms with Crippen molar-refractivity contribution in [3.8, 4) is 5.75 Å². The maximum atomic E-state index is 5.59. The number of hydrogen-bond donors (Lipinski definition) is 0. The van der Waals surface area contributed by atoms with Crippen LogP contribution in [-0.4, -0.2) is 6.61 Å². The second-order valence-corrected chi connectivity index (χ2v) is 4.60. The summed E-state index contributed by atoms with van der Waals surface area (Å²) in [5.41, 5.74) is 2.74. The number of allylic oxidation sites excluding steroid dienone is 2. The third-order valence-electron chi connectivity index (χ3n) is 2.71. The van der Waals surface area contributed by atoms with Crippen molar-refractivity contribution in [2.24, 2.45) is 5.92 Å². The molecule has 0 heterocycles. The first-order valence-corrected chi connectivity index (χ1v) is 6.62. The van der Waals surface area contributed by atoms with Crippen molar-refractivity contribution in [2.45, 2.75) is 40.5 Å². The van der Waals surface area contributed by atoms with Crippen LogP contribution >= 0.6 is 0 Å². The lowest BCUT2D eigenvalue weighted by molar-refractivity contribution is 0.317. The summed E-state index contributed by atoms with van der Waals surface area (Å²) in [6, 6.07) is 8.45. The molecular weight excluding hydrogens is 208 g/mol. The summed E-state index contributed by atoms with van der Waals surface area (Å²) in [5.74, 6) is 1.53. The zero-order valence-corrected chi connectivity index (χ0v) is 11.5. The van der Waals surface area contributed by atoms with Crippen LogP contribution in [0, 0.1) is 5.92 Å². The van der Waals surface area contributed by atoms with E-state index < -0.39 is 0 Å². The van der Waals surface area contributed by atoms with Gasteiger partial charge < -0.3 is 4.74 Å². The van der Waals surface area contributed by atoms with Crippen molar-refractivity contribution in [1.82, 2.24) is 0 Å². The van der Waals surface area contributed by atoms with Crippen LogP contribution in [0.15, 0.2) is 30.3 Å². The van der Waals surface area contributed by atoms with Gasteiger partial charge in [0.25, 0.3) is 0 Å². The predicted octanol–water partition coefficient (Wildman–Crippen LogP) is 4.92. The Morgan fingerprint density at radius 2 is 1.82 bits per heavy atom. The number of rotatable bonds is 6. The average molecular weight is 232 g/mol. The molecule has 0 aromatic heterocycles. The maximum absolute atomic E-state index is 5.59. The van der Waals surface area contributed by atoms with Crippen LogP contribution < -0.4 is 4.74 Å². The quantitative estimate of drug-likeness (QED) is 0.676. The molecule has 94 valence electrons. The van der Waals surface area contributed by atoms with E-state index in [1.54, 1.807) is 0 Å². The summed E-state index contributed by atoms with van der Waals surface area (Å²) in [7, 11) is 0. The highest BCUT2D eigenvalue weighted by Gasteiger charge is 2.05. The van der Waals surface area contributed by atoms with Gasteiger partial charge in [-0.15, -0.1) is 0 Å². The van der Waals surface area contributed by atoms with E-state index in [-0.39, 0.29) is 0 Å². The molecule has 0 aliphatic rings. The summed E-state index contributed by atoms with van der Waals surface area (Å²) in [6.45, 7) is 9.57. The molecule has 0 atom stereocenters. The van der Waals surface area contributed by atoms with Gasteiger partial charge in [0.1, 0.15) is 5.75 Å². The maximum Gasteiger partial charge on any atom is 0.119 e. The SMILES string of the molecule is CCC=C(c1ccc(OCCC)cc1)C(C)C. The molecule has 0 spiro atoms. The van der Waals surface area contributed by atoms with Gasteiger partial charge in [-0.3, -0.25) is 0 Å². The molecule has 1 aromatic carbocycles. The van der Waals surface area contributed by atoms with E-state index in [9.17, 15) is 0 Å². The fraction of sp³-hybridized carbons (Fsp3) is 0.500. The first-order chi connectivity index (χ1) is 8.19. The summed E-state index contributed by atoms with van der Waals surface area (Å²) in [4.78, 5) is 0. The zero-order valence-electron chi connectivity index (χ0n) is 11.5. The van der Waals surface area contributed by atoms with Crippen LogP contribution in [0.25, 0.3) is 5.57 Å². The van der Waals surface area contributed by atoms with Gasteiger partial charge in [0, 0.05) is 0 Å². The Labute approximate surface area is 106 Å². The Morgan fingerprint density at radius 1 is 1.18 bits per heavy atom. The molecule has 0 unspecified atom stereocenters. The minimum atomic E-state index is 0.567. The standard InChI is InChI=1S/C16H24O/c1-5-7-16(13(3)4)14-8-10-15(11-9-14)17-12-6-2/h7-11,13H,5-6,12H2,1-4H3. The smallest absolute Gasteiger partial charge is 0.119 e. The Bertz CT molecular complexity index is 346. The van der Waals surface area contributed by atoms with Crippen molar-refractivity contribution in [3.05, 3.63) is 35.9 Å². The van der Waals surface area contributed by atoms with Crippen LogP contribution in [-0.2, 0) is 0 Å².